The summed E-state index contributed by atoms with van der Waals surface area (Å²) in [5.74, 6) is 0. The number of hydrogen-bond donors (Lipinski definition) is 0. The van der Waals surface area contributed by atoms with E-state index in [0.717, 1.165) is 4.90 Å². The van der Waals surface area contributed by atoms with E-state index in [-0.39, 0.29) is 0 Å². The molecule has 82 valence electrons. The largest absolute Gasteiger partial charge is 0.151 e. The van der Waals surface area contributed by atoms with E-state index in [9.17, 15) is 0 Å². The molecule has 2 nitrogen and oxygen atoms in total. The van der Waals surface area contributed by atoms with E-state index in [1.807, 2.05) is 0 Å². The molecule has 0 saturated heterocycles. The molecule has 0 amide bonds. The Labute approximate surface area is 112 Å². The van der Waals surface area contributed by atoms with Crippen molar-refractivity contribution in [1.82, 2.24) is 10.2 Å². The molecule has 0 radical (unpaired) electrons. The zero-order chi connectivity index (χ0) is 11.5. The number of benzene rings is 1. The van der Waals surface area contributed by atoms with Gasteiger partial charge < -0.3 is 0 Å². The zero-order valence-corrected chi connectivity index (χ0v) is 10.9. The highest BCUT2D eigenvalue weighted by Crippen LogP contribution is 2.33. The Bertz CT molecular complexity index is 502. The van der Waals surface area contributed by atoms with Crippen LogP contribution >= 0.6 is 46.6 Å². The third kappa shape index (κ3) is 3.01. The minimum atomic E-state index is 0.363. The first-order valence-corrected chi connectivity index (χ1v) is 6.22. The van der Waals surface area contributed by atoms with Crippen LogP contribution in [-0.4, -0.2) is 10.2 Å². The van der Waals surface area contributed by atoms with Crippen LogP contribution < -0.4 is 0 Å². The maximum atomic E-state index is 6.02. The van der Waals surface area contributed by atoms with Crippen LogP contribution in [0.15, 0.2) is 40.3 Å². The fourth-order valence-electron chi connectivity index (χ4n) is 1.03. The maximum Gasteiger partial charge on any atom is 0.151 e. The van der Waals surface area contributed by atoms with Gasteiger partial charge in [-0.15, -0.1) is 10.2 Å². The van der Waals surface area contributed by atoms with Crippen molar-refractivity contribution < 1.29 is 0 Å². The summed E-state index contributed by atoms with van der Waals surface area (Å²) in [5.41, 5.74) is 0. The van der Waals surface area contributed by atoms with Gasteiger partial charge in [-0.1, -0.05) is 46.6 Å². The van der Waals surface area contributed by atoms with Crippen LogP contribution in [0.2, 0.25) is 15.2 Å². The quantitative estimate of drug-likeness (QED) is 0.809. The van der Waals surface area contributed by atoms with Crippen LogP contribution in [-0.2, 0) is 0 Å². The van der Waals surface area contributed by atoms with Gasteiger partial charge in [0.2, 0.25) is 0 Å². The number of hydrogen-bond acceptors (Lipinski definition) is 3. The van der Waals surface area contributed by atoms with Crippen molar-refractivity contribution in [2.75, 3.05) is 0 Å². The lowest BCUT2D eigenvalue weighted by molar-refractivity contribution is 0.930. The summed E-state index contributed by atoms with van der Waals surface area (Å²) in [7, 11) is 0. The van der Waals surface area contributed by atoms with Crippen molar-refractivity contribution in [2.24, 2.45) is 0 Å². The highest BCUT2D eigenvalue weighted by Gasteiger charge is 2.05. The number of halogens is 3. The predicted molar refractivity (Wildman–Crippen MR) is 67.6 cm³/mol. The van der Waals surface area contributed by atoms with Crippen LogP contribution in [0.25, 0.3) is 0 Å². The Balaban J connectivity index is 2.26. The van der Waals surface area contributed by atoms with Crippen molar-refractivity contribution in [3.8, 4) is 0 Å². The molecule has 1 heterocycles. The molecule has 0 saturated carbocycles. The van der Waals surface area contributed by atoms with Gasteiger partial charge in [0, 0.05) is 9.92 Å². The molecule has 16 heavy (non-hydrogen) atoms. The van der Waals surface area contributed by atoms with E-state index in [0.29, 0.717) is 20.2 Å². The van der Waals surface area contributed by atoms with Gasteiger partial charge in [-0.05, 0) is 30.3 Å². The van der Waals surface area contributed by atoms with E-state index >= 15 is 0 Å². The van der Waals surface area contributed by atoms with Crippen LogP contribution in [0.5, 0.6) is 0 Å². The molecule has 0 aliphatic heterocycles. The van der Waals surface area contributed by atoms with Gasteiger partial charge in [0.05, 0.1) is 5.02 Å². The smallest absolute Gasteiger partial charge is 0.142 e. The average Bonchev–Trinajstić information content (AvgIpc) is 2.27. The van der Waals surface area contributed by atoms with Crippen molar-refractivity contribution in [1.29, 1.82) is 0 Å². The number of nitrogens with zero attached hydrogens (tertiary/aromatic N) is 2. The molecule has 0 aliphatic carbocycles. The SMILES string of the molecule is Clc1ccc(Cl)c(Sc2ccc(Cl)nn2)c1. The van der Waals surface area contributed by atoms with Crippen LogP contribution in [0.4, 0.5) is 0 Å². The van der Waals surface area contributed by atoms with E-state index in [1.54, 1.807) is 30.3 Å². The molecule has 1 aromatic carbocycles. The Kier molecular flexibility index (Phi) is 3.92. The molecular weight excluding hydrogens is 287 g/mol. The summed E-state index contributed by atoms with van der Waals surface area (Å²) >= 11 is 18.9. The van der Waals surface area contributed by atoms with Crippen molar-refractivity contribution in [3.05, 3.63) is 45.5 Å². The van der Waals surface area contributed by atoms with Gasteiger partial charge in [0.25, 0.3) is 0 Å². The minimum Gasteiger partial charge on any atom is -0.142 e. The first-order chi connectivity index (χ1) is 7.65. The highest BCUT2D eigenvalue weighted by atomic mass is 35.5. The molecular formula is C10H5Cl3N2S. The second-order valence-corrected chi connectivity index (χ2v) is 5.16. The van der Waals surface area contributed by atoms with Gasteiger partial charge in [-0.3, -0.25) is 0 Å². The Morgan fingerprint density at radius 1 is 0.938 bits per heavy atom. The summed E-state index contributed by atoms with van der Waals surface area (Å²) in [6.45, 7) is 0. The summed E-state index contributed by atoms with van der Waals surface area (Å²) < 4.78 is 0. The lowest BCUT2D eigenvalue weighted by Crippen LogP contribution is -1.85. The van der Waals surface area contributed by atoms with E-state index in [2.05, 4.69) is 10.2 Å². The van der Waals surface area contributed by atoms with Crippen LogP contribution in [0.3, 0.4) is 0 Å². The van der Waals surface area contributed by atoms with Crippen molar-refractivity contribution in [3.63, 3.8) is 0 Å². The Morgan fingerprint density at radius 2 is 1.75 bits per heavy atom. The number of rotatable bonds is 2. The van der Waals surface area contributed by atoms with Gasteiger partial charge in [-0.2, -0.15) is 0 Å². The topological polar surface area (TPSA) is 25.8 Å². The van der Waals surface area contributed by atoms with Gasteiger partial charge in [-0.25, -0.2) is 0 Å². The maximum absolute atomic E-state index is 6.02. The summed E-state index contributed by atoms with van der Waals surface area (Å²) in [6, 6.07) is 8.72. The lowest BCUT2D eigenvalue weighted by Gasteiger charge is -2.03. The van der Waals surface area contributed by atoms with Gasteiger partial charge in [0.15, 0.2) is 5.15 Å². The molecule has 2 aromatic rings. The molecule has 2 rings (SSSR count). The molecule has 1 aromatic heterocycles. The highest BCUT2D eigenvalue weighted by molar-refractivity contribution is 7.99. The molecule has 0 bridgehead atoms. The first kappa shape index (κ1) is 12.0. The molecule has 0 atom stereocenters. The fourth-order valence-corrected chi connectivity index (χ4v) is 2.39. The van der Waals surface area contributed by atoms with E-state index in [4.69, 9.17) is 34.8 Å². The van der Waals surface area contributed by atoms with Crippen LogP contribution in [0.1, 0.15) is 0 Å². The van der Waals surface area contributed by atoms with Crippen LogP contribution in [0, 0.1) is 0 Å². The summed E-state index contributed by atoms with van der Waals surface area (Å²) in [5, 5.41) is 10.0. The fraction of sp³-hybridized carbons (Fsp3) is 0. The van der Waals surface area contributed by atoms with Crippen molar-refractivity contribution in [2.45, 2.75) is 9.92 Å². The normalized spacial score (nSPS) is 10.4. The summed E-state index contributed by atoms with van der Waals surface area (Å²) in [6.07, 6.45) is 0. The first-order valence-electron chi connectivity index (χ1n) is 4.27. The minimum absolute atomic E-state index is 0.363. The molecule has 0 aliphatic rings. The average molecular weight is 292 g/mol. The molecule has 6 heteroatoms. The third-order valence-electron chi connectivity index (χ3n) is 1.72. The zero-order valence-electron chi connectivity index (χ0n) is 7.82. The second-order valence-electron chi connectivity index (χ2n) is 2.87. The van der Waals surface area contributed by atoms with Crippen molar-refractivity contribution >= 4 is 46.6 Å². The molecule has 0 N–H and O–H groups in total. The monoisotopic (exact) mass is 290 g/mol. The standard InChI is InChI=1S/C10H5Cl3N2S/c11-6-1-2-7(12)8(5-6)16-10-4-3-9(13)14-15-10/h1-5H. The molecule has 0 fully saturated rings. The summed E-state index contributed by atoms with van der Waals surface area (Å²) in [4.78, 5) is 0.839. The Morgan fingerprint density at radius 3 is 2.44 bits per heavy atom. The second kappa shape index (κ2) is 5.23. The predicted octanol–water partition coefficient (Wildman–Crippen LogP) is 4.59. The van der Waals surface area contributed by atoms with Gasteiger partial charge in [0.1, 0.15) is 5.03 Å². The van der Waals surface area contributed by atoms with Gasteiger partial charge >= 0.3 is 0 Å². The third-order valence-corrected chi connectivity index (χ3v) is 3.58. The lowest BCUT2D eigenvalue weighted by atomic mass is 10.4. The number of aromatic nitrogens is 2. The van der Waals surface area contributed by atoms with E-state index < -0.39 is 0 Å². The molecule has 0 unspecified atom stereocenters. The van der Waals surface area contributed by atoms with E-state index in [1.165, 1.54) is 11.8 Å². The molecule has 0 spiro atoms. The Hall–Kier alpha value is -0.480.